The first kappa shape index (κ1) is 16.8. The highest BCUT2D eigenvalue weighted by Crippen LogP contribution is 2.24. The fourth-order valence-corrected chi connectivity index (χ4v) is 4.02. The summed E-state index contributed by atoms with van der Waals surface area (Å²) >= 11 is 0. The molecule has 4 rings (SSSR count). The Kier molecular flexibility index (Phi) is 4.05. The number of rotatable bonds is 2. The minimum absolute atomic E-state index is 0.130. The quantitative estimate of drug-likeness (QED) is 0.771. The summed E-state index contributed by atoms with van der Waals surface area (Å²) in [4.78, 5) is 30.3. The fourth-order valence-electron chi connectivity index (χ4n) is 4.02. The van der Waals surface area contributed by atoms with Crippen molar-refractivity contribution in [3.63, 3.8) is 0 Å². The van der Waals surface area contributed by atoms with E-state index in [0.29, 0.717) is 28.3 Å². The average molecular weight is 352 g/mol. The molecule has 0 bridgehead atoms. The van der Waals surface area contributed by atoms with Crippen molar-refractivity contribution < 1.29 is 4.79 Å². The summed E-state index contributed by atoms with van der Waals surface area (Å²) in [6.45, 7) is 4.11. The summed E-state index contributed by atoms with van der Waals surface area (Å²) in [5.74, 6) is 0.353. The van der Waals surface area contributed by atoms with Gasteiger partial charge < -0.3 is 9.88 Å². The van der Waals surface area contributed by atoms with E-state index < -0.39 is 0 Å². The number of amides is 1. The number of hydrogen-bond acceptors (Lipinski definition) is 3. The van der Waals surface area contributed by atoms with Gasteiger partial charge in [-0.1, -0.05) is 25.8 Å². The maximum Gasteiger partial charge on any atom is 0.268 e. The van der Waals surface area contributed by atoms with Crippen molar-refractivity contribution in [2.24, 2.45) is 13.0 Å². The predicted molar refractivity (Wildman–Crippen MR) is 102 cm³/mol. The first-order valence-corrected chi connectivity index (χ1v) is 9.25. The summed E-state index contributed by atoms with van der Waals surface area (Å²) in [7, 11) is 1.79. The lowest BCUT2D eigenvalue weighted by Crippen LogP contribution is -2.41. The van der Waals surface area contributed by atoms with Gasteiger partial charge in [-0.15, -0.1) is 0 Å². The van der Waals surface area contributed by atoms with Crippen LogP contribution in [0.2, 0.25) is 0 Å². The molecular weight excluding hydrogens is 328 g/mol. The van der Waals surface area contributed by atoms with E-state index in [0.717, 1.165) is 24.8 Å². The second-order valence-corrected chi connectivity index (χ2v) is 7.47. The summed E-state index contributed by atoms with van der Waals surface area (Å²) in [5.41, 5.74) is 2.44. The second-order valence-electron chi connectivity index (χ2n) is 7.47. The minimum atomic E-state index is -0.144. The molecule has 0 radical (unpaired) electrons. The molecule has 136 valence electrons. The maximum atomic E-state index is 12.9. The number of aryl methyl sites for hydroxylation is 2. The van der Waals surface area contributed by atoms with E-state index in [9.17, 15) is 9.59 Å². The zero-order valence-corrected chi connectivity index (χ0v) is 15.5. The third-order valence-corrected chi connectivity index (χ3v) is 5.68. The first-order valence-electron chi connectivity index (χ1n) is 9.25. The summed E-state index contributed by atoms with van der Waals surface area (Å²) in [5, 5.41) is 3.63. The lowest BCUT2D eigenvalue weighted by atomic mass is 9.86. The molecule has 3 heterocycles. The molecule has 6 heteroatoms. The van der Waals surface area contributed by atoms with Crippen molar-refractivity contribution in [3.05, 3.63) is 46.0 Å². The first-order chi connectivity index (χ1) is 12.5. The third-order valence-electron chi connectivity index (χ3n) is 5.68. The monoisotopic (exact) mass is 352 g/mol. The smallest absolute Gasteiger partial charge is 0.268 e. The van der Waals surface area contributed by atoms with Crippen LogP contribution >= 0.6 is 0 Å². The number of carbonyl (C=O) groups is 1. The van der Waals surface area contributed by atoms with Crippen molar-refractivity contribution in [2.45, 2.75) is 45.6 Å². The van der Waals surface area contributed by atoms with Crippen molar-refractivity contribution in [3.8, 4) is 0 Å². The summed E-state index contributed by atoms with van der Waals surface area (Å²) < 4.78 is 3.27. The third kappa shape index (κ3) is 2.60. The molecule has 0 aliphatic heterocycles. The van der Waals surface area contributed by atoms with Crippen LogP contribution in [0.1, 0.15) is 48.7 Å². The van der Waals surface area contributed by atoms with Gasteiger partial charge in [-0.25, -0.2) is 4.98 Å². The van der Waals surface area contributed by atoms with Crippen LogP contribution in [-0.2, 0) is 7.05 Å². The van der Waals surface area contributed by atoms with Crippen LogP contribution in [0.4, 0.5) is 0 Å². The van der Waals surface area contributed by atoms with Gasteiger partial charge in [0, 0.05) is 19.3 Å². The van der Waals surface area contributed by atoms with E-state index in [1.807, 2.05) is 19.1 Å². The SMILES string of the molecule is Cc1cccn2c(=O)c3cc(C(=O)N[C@H]4CCCC[C@H]4C)n(C)c3nc12. The molecule has 1 fully saturated rings. The number of fused-ring (bicyclic) bond motifs is 2. The molecule has 3 aromatic heterocycles. The normalized spacial score (nSPS) is 20.6. The summed E-state index contributed by atoms with van der Waals surface area (Å²) in [6.07, 6.45) is 6.26. The fraction of sp³-hybridized carbons (Fsp3) is 0.450. The molecule has 1 N–H and O–H groups in total. The van der Waals surface area contributed by atoms with Crippen LogP contribution in [0.15, 0.2) is 29.2 Å². The van der Waals surface area contributed by atoms with Crippen LogP contribution in [0, 0.1) is 12.8 Å². The highest BCUT2D eigenvalue weighted by Gasteiger charge is 2.25. The van der Waals surface area contributed by atoms with Crippen LogP contribution < -0.4 is 10.9 Å². The minimum Gasteiger partial charge on any atom is -0.348 e. The molecular formula is C20H24N4O2. The molecule has 0 spiro atoms. The number of nitrogens with one attached hydrogen (secondary N) is 1. The Morgan fingerprint density at radius 2 is 2.04 bits per heavy atom. The average Bonchev–Trinajstić information content (AvgIpc) is 2.96. The Morgan fingerprint density at radius 3 is 2.81 bits per heavy atom. The van der Waals surface area contributed by atoms with E-state index in [4.69, 9.17) is 0 Å². The highest BCUT2D eigenvalue weighted by atomic mass is 16.2. The molecule has 0 unspecified atom stereocenters. The Hall–Kier alpha value is -2.63. The lowest BCUT2D eigenvalue weighted by Gasteiger charge is -2.29. The number of hydrogen-bond donors (Lipinski definition) is 1. The number of carbonyl (C=O) groups excluding carboxylic acids is 1. The molecule has 0 aromatic carbocycles. The Labute approximate surface area is 151 Å². The summed E-state index contributed by atoms with van der Waals surface area (Å²) in [6, 6.07) is 5.62. The standard InChI is InChI=1S/C20H24N4O2/c1-12-7-4-5-9-15(12)21-19(25)16-11-14-18(23(16)3)22-17-13(2)8-6-10-24(17)20(14)26/h6,8,10-12,15H,4-5,7,9H2,1-3H3,(H,21,25)/t12-,15+/m1/s1. The highest BCUT2D eigenvalue weighted by molar-refractivity contribution is 5.98. The topological polar surface area (TPSA) is 68.4 Å². The number of nitrogens with zero attached hydrogens (tertiary/aromatic N) is 3. The van der Waals surface area contributed by atoms with Crippen molar-refractivity contribution >= 4 is 22.6 Å². The molecule has 26 heavy (non-hydrogen) atoms. The zero-order valence-electron chi connectivity index (χ0n) is 15.5. The van der Waals surface area contributed by atoms with Crippen LogP contribution in [0.3, 0.4) is 0 Å². The van der Waals surface area contributed by atoms with Gasteiger partial charge in [0.05, 0.1) is 5.39 Å². The van der Waals surface area contributed by atoms with Gasteiger partial charge in [0.15, 0.2) is 0 Å². The predicted octanol–water partition coefficient (Wildman–Crippen LogP) is 2.80. The molecule has 1 saturated carbocycles. The van der Waals surface area contributed by atoms with Gasteiger partial charge >= 0.3 is 0 Å². The lowest BCUT2D eigenvalue weighted by molar-refractivity contribution is 0.0902. The second kappa shape index (κ2) is 6.27. The van der Waals surface area contributed by atoms with Crippen molar-refractivity contribution in [1.29, 1.82) is 0 Å². The van der Waals surface area contributed by atoms with Crippen LogP contribution in [0.25, 0.3) is 16.7 Å². The van der Waals surface area contributed by atoms with Crippen molar-refractivity contribution in [1.82, 2.24) is 19.3 Å². The van der Waals surface area contributed by atoms with Gasteiger partial charge in [0.1, 0.15) is 17.0 Å². The zero-order chi connectivity index (χ0) is 18.4. The van der Waals surface area contributed by atoms with E-state index in [1.165, 1.54) is 6.42 Å². The molecule has 6 nitrogen and oxygen atoms in total. The Balaban J connectivity index is 1.79. The van der Waals surface area contributed by atoms with Gasteiger partial charge in [0.25, 0.3) is 11.5 Å². The van der Waals surface area contributed by atoms with Gasteiger partial charge in [-0.3, -0.25) is 14.0 Å². The van der Waals surface area contributed by atoms with Gasteiger partial charge in [0.2, 0.25) is 0 Å². The molecule has 1 aliphatic rings. The van der Waals surface area contributed by atoms with Crippen molar-refractivity contribution in [2.75, 3.05) is 0 Å². The Bertz CT molecular complexity index is 1060. The maximum absolute atomic E-state index is 12.9. The molecule has 1 aliphatic carbocycles. The molecule has 3 aromatic rings. The molecule has 0 saturated heterocycles. The Morgan fingerprint density at radius 1 is 1.27 bits per heavy atom. The number of pyridine rings is 1. The molecule has 2 atom stereocenters. The van der Waals surface area contributed by atoms with E-state index in [1.54, 1.807) is 28.3 Å². The van der Waals surface area contributed by atoms with E-state index >= 15 is 0 Å². The van der Waals surface area contributed by atoms with Gasteiger partial charge in [-0.05, 0) is 43.4 Å². The largest absolute Gasteiger partial charge is 0.348 e. The van der Waals surface area contributed by atoms with Crippen LogP contribution in [-0.4, -0.2) is 25.9 Å². The van der Waals surface area contributed by atoms with E-state index in [2.05, 4.69) is 17.2 Å². The van der Waals surface area contributed by atoms with Gasteiger partial charge in [-0.2, -0.15) is 0 Å². The van der Waals surface area contributed by atoms with Crippen LogP contribution in [0.5, 0.6) is 0 Å². The molecule has 1 amide bonds. The van der Waals surface area contributed by atoms with E-state index in [-0.39, 0.29) is 17.5 Å². The number of aromatic nitrogens is 3.